The Morgan fingerprint density at radius 1 is 1.12 bits per heavy atom. The van der Waals surface area contributed by atoms with Gasteiger partial charge in [0.2, 0.25) is 5.91 Å². The van der Waals surface area contributed by atoms with Crippen molar-refractivity contribution in [3.05, 3.63) is 65.7 Å². The molecule has 2 aromatic carbocycles. The monoisotopic (exact) mass is 380 g/mol. The van der Waals surface area contributed by atoms with Gasteiger partial charge >= 0.3 is 6.18 Å². The third-order valence-corrected chi connectivity index (χ3v) is 5.45. The Bertz CT molecular complexity index is 767. The van der Waals surface area contributed by atoms with Crippen molar-refractivity contribution in [3.63, 3.8) is 0 Å². The molecule has 7 heteroatoms. The lowest BCUT2D eigenvalue weighted by Crippen LogP contribution is -2.33. The predicted octanol–water partition coefficient (Wildman–Crippen LogP) is 3.75. The lowest BCUT2D eigenvalue weighted by molar-refractivity contribution is -0.137. The number of hydrogen-bond donors (Lipinski definition) is 1. The molecule has 0 aliphatic carbocycles. The fourth-order valence-corrected chi connectivity index (χ4v) is 3.94. The van der Waals surface area contributed by atoms with Crippen molar-refractivity contribution < 1.29 is 18.0 Å². The van der Waals surface area contributed by atoms with E-state index in [4.69, 9.17) is 5.73 Å². The SMILES string of the molecule is N[C@@H]1CN(C(=O)CSc2cccc(C(F)(F)F)c2)C[C@H]1c1ccccc1. The van der Waals surface area contributed by atoms with E-state index in [9.17, 15) is 18.0 Å². The molecule has 0 bridgehead atoms. The van der Waals surface area contributed by atoms with Crippen LogP contribution in [-0.4, -0.2) is 35.7 Å². The van der Waals surface area contributed by atoms with Crippen LogP contribution in [0.2, 0.25) is 0 Å². The summed E-state index contributed by atoms with van der Waals surface area (Å²) in [5, 5.41) is 0. The maximum atomic E-state index is 12.8. The number of nitrogens with zero attached hydrogens (tertiary/aromatic N) is 1. The first kappa shape index (κ1) is 18.8. The van der Waals surface area contributed by atoms with E-state index < -0.39 is 11.7 Å². The van der Waals surface area contributed by atoms with Crippen molar-refractivity contribution >= 4 is 17.7 Å². The summed E-state index contributed by atoms with van der Waals surface area (Å²) in [6.07, 6.45) is -4.38. The van der Waals surface area contributed by atoms with Crippen LogP contribution in [0.4, 0.5) is 13.2 Å². The minimum atomic E-state index is -4.38. The quantitative estimate of drug-likeness (QED) is 0.822. The molecule has 138 valence electrons. The number of benzene rings is 2. The largest absolute Gasteiger partial charge is 0.416 e. The van der Waals surface area contributed by atoms with E-state index in [1.165, 1.54) is 6.07 Å². The summed E-state index contributed by atoms with van der Waals surface area (Å²) in [4.78, 5) is 14.6. The normalized spacial score (nSPS) is 20.4. The molecule has 2 atom stereocenters. The first-order valence-electron chi connectivity index (χ1n) is 8.23. The molecule has 0 radical (unpaired) electrons. The summed E-state index contributed by atoms with van der Waals surface area (Å²) in [5.74, 6) is 0.0650. The summed E-state index contributed by atoms with van der Waals surface area (Å²) in [7, 11) is 0. The second-order valence-electron chi connectivity index (χ2n) is 6.29. The number of likely N-dealkylation sites (tertiary alicyclic amines) is 1. The zero-order valence-corrected chi connectivity index (χ0v) is 14.8. The molecule has 0 spiro atoms. The Hall–Kier alpha value is -1.99. The van der Waals surface area contributed by atoms with Crippen LogP contribution in [0.15, 0.2) is 59.5 Å². The van der Waals surface area contributed by atoms with Gasteiger partial charge < -0.3 is 10.6 Å². The molecule has 1 aliphatic heterocycles. The highest BCUT2D eigenvalue weighted by molar-refractivity contribution is 8.00. The van der Waals surface area contributed by atoms with Crippen molar-refractivity contribution in [2.75, 3.05) is 18.8 Å². The van der Waals surface area contributed by atoms with Crippen molar-refractivity contribution in [1.82, 2.24) is 4.90 Å². The third-order valence-electron chi connectivity index (χ3n) is 4.47. The van der Waals surface area contributed by atoms with Gasteiger partial charge in [-0.25, -0.2) is 0 Å². The Balaban J connectivity index is 1.59. The second-order valence-corrected chi connectivity index (χ2v) is 7.34. The molecule has 0 unspecified atom stereocenters. The Morgan fingerprint density at radius 2 is 1.85 bits per heavy atom. The first-order chi connectivity index (χ1) is 12.3. The summed E-state index contributed by atoms with van der Waals surface area (Å²) in [6, 6.07) is 14.7. The number of halogens is 3. The standard InChI is InChI=1S/C19H19F3N2OS/c20-19(21,22)14-7-4-8-15(9-14)26-12-18(25)24-10-16(17(23)11-24)13-5-2-1-3-6-13/h1-9,16-17H,10-12,23H2/t16-,17+/m0/s1. The molecular formula is C19H19F3N2OS. The topological polar surface area (TPSA) is 46.3 Å². The maximum Gasteiger partial charge on any atom is 0.416 e. The highest BCUT2D eigenvalue weighted by Gasteiger charge is 2.34. The molecule has 2 aromatic rings. The van der Waals surface area contributed by atoms with Gasteiger partial charge in [0.15, 0.2) is 0 Å². The molecule has 1 aliphatic rings. The smallest absolute Gasteiger partial charge is 0.340 e. The van der Waals surface area contributed by atoms with Gasteiger partial charge in [-0.2, -0.15) is 13.2 Å². The van der Waals surface area contributed by atoms with Crippen molar-refractivity contribution in [3.8, 4) is 0 Å². The van der Waals surface area contributed by atoms with Gasteiger partial charge in [0.1, 0.15) is 0 Å². The number of hydrogen-bond acceptors (Lipinski definition) is 3. The van der Waals surface area contributed by atoms with E-state index in [1.54, 1.807) is 11.0 Å². The first-order valence-corrected chi connectivity index (χ1v) is 9.21. The molecule has 1 amide bonds. The molecule has 3 nitrogen and oxygen atoms in total. The van der Waals surface area contributed by atoms with Gasteiger partial charge in [-0.1, -0.05) is 36.4 Å². The van der Waals surface area contributed by atoms with Crippen LogP contribution in [0.25, 0.3) is 0 Å². The predicted molar refractivity (Wildman–Crippen MR) is 95.9 cm³/mol. The van der Waals surface area contributed by atoms with Crippen LogP contribution in [0, 0.1) is 0 Å². The molecule has 2 N–H and O–H groups in total. The lowest BCUT2D eigenvalue weighted by Gasteiger charge is -2.16. The zero-order chi connectivity index (χ0) is 18.7. The minimum Gasteiger partial charge on any atom is -0.340 e. The summed E-state index contributed by atoms with van der Waals surface area (Å²) >= 11 is 1.11. The molecule has 0 aromatic heterocycles. The fourth-order valence-electron chi connectivity index (χ4n) is 3.08. The van der Waals surface area contributed by atoms with E-state index in [1.807, 2.05) is 30.3 Å². The average Bonchev–Trinajstić information content (AvgIpc) is 3.02. The average molecular weight is 380 g/mol. The van der Waals surface area contributed by atoms with Crippen molar-refractivity contribution in [2.45, 2.75) is 23.0 Å². The highest BCUT2D eigenvalue weighted by Crippen LogP contribution is 2.32. The van der Waals surface area contributed by atoms with Gasteiger partial charge in [0.05, 0.1) is 11.3 Å². The Labute approximate surface area is 154 Å². The molecule has 0 saturated carbocycles. The van der Waals surface area contributed by atoms with Gasteiger partial charge in [0, 0.05) is 29.9 Å². The second kappa shape index (κ2) is 7.72. The van der Waals surface area contributed by atoms with E-state index >= 15 is 0 Å². The molecule has 1 fully saturated rings. The number of carbonyl (C=O) groups excluding carboxylic acids is 1. The van der Waals surface area contributed by atoms with Gasteiger partial charge in [-0.3, -0.25) is 4.79 Å². The van der Waals surface area contributed by atoms with Crippen molar-refractivity contribution in [2.24, 2.45) is 5.73 Å². The summed E-state index contributed by atoms with van der Waals surface area (Å²) in [6.45, 7) is 0.995. The molecule has 1 saturated heterocycles. The van der Waals surface area contributed by atoms with E-state index in [0.29, 0.717) is 18.0 Å². The number of carbonyl (C=O) groups is 1. The summed E-state index contributed by atoms with van der Waals surface area (Å²) in [5.41, 5.74) is 6.58. The van der Waals surface area contributed by atoms with Crippen molar-refractivity contribution in [1.29, 1.82) is 0 Å². The fraction of sp³-hybridized carbons (Fsp3) is 0.316. The van der Waals surface area contributed by atoms with Gasteiger partial charge in [0.25, 0.3) is 0 Å². The van der Waals surface area contributed by atoms with E-state index in [-0.39, 0.29) is 23.6 Å². The number of thioether (sulfide) groups is 1. The maximum absolute atomic E-state index is 12.8. The number of amides is 1. The van der Waals surface area contributed by atoms with Crippen LogP contribution in [0.3, 0.4) is 0 Å². The highest BCUT2D eigenvalue weighted by atomic mass is 32.2. The van der Waals surface area contributed by atoms with Crippen LogP contribution in [0.1, 0.15) is 17.0 Å². The van der Waals surface area contributed by atoms with E-state index in [2.05, 4.69) is 0 Å². The number of alkyl halides is 3. The van der Waals surface area contributed by atoms with Gasteiger partial charge in [-0.15, -0.1) is 11.8 Å². The van der Waals surface area contributed by atoms with Crippen LogP contribution in [0.5, 0.6) is 0 Å². The summed E-state index contributed by atoms with van der Waals surface area (Å²) < 4.78 is 38.3. The number of nitrogens with two attached hydrogens (primary N) is 1. The lowest BCUT2D eigenvalue weighted by atomic mass is 9.95. The Morgan fingerprint density at radius 3 is 2.54 bits per heavy atom. The molecular weight excluding hydrogens is 361 g/mol. The third kappa shape index (κ3) is 4.40. The Kier molecular flexibility index (Phi) is 5.58. The minimum absolute atomic E-state index is 0.0821. The van der Waals surface area contributed by atoms with Gasteiger partial charge in [-0.05, 0) is 23.8 Å². The molecule has 1 heterocycles. The zero-order valence-electron chi connectivity index (χ0n) is 13.9. The van der Waals surface area contributed by atoms with Crippen LogP contribution in [-0.2, 0) is 11.0 Å². The molecule has 26 heavy (non-hydrogen) atoms. The molecule has 3 rings (SSSR count). The van der Waals surface area contributed by atoms with E-state index in [0.717, 1.165) is 29.5 Å². The van der Waals surface area contributed by atoms with Crippen LogP contribution < -0.4 is 5.73 Å². The van der Waals surface area contributed by atoms with Crippen LogP contribution >= 0.6 is 11.8 Å². The number of rotatable bonds is 4.